The number of carboxylic acid groups (broad SMARTS) is 1. The van der Waals surface area contributed by atoms with Crippen LogP contribution >= 0.6 is 0 Å². The molecule has 0 saturated heterocycles. The van der Waals surface area contributed by atoms with Gasteiger partial charge in [0.05, 0.1) is 17.0 Å². The van der Waals surface area contributed by atoms with Crippen LogP contribution in [-0.4, -0.2) is 36.1 Å². The molecule has 1 aromatic heterocycles. The average Bonchev–Trinajstić information content (AvgIpc) is 3.01. The minimum absolute atomic E-state index is 0.0292. The van der Waals surface area contributed by atoms with Crippen molar-refractivity contribution in [3.8, 4) is 0 Å². The fourth-order valence-electron chi connectivity index (χ4n) is 1.90. The van der Waals surface area contributed by atoms with Gasteiger partial charge in [-0.1, -0.05) is 5.16 Å². The monoisotopic (exact) mass is 392 g/mol. The van der Waals surface area contributed by atoms with Crippen molar-refractivity contribution in [3.63, 3.8) is 0 Å². The third kappa shape index (κ3) is 4.20. The van der Waals surface area contributed by atoms with E-state index < -0.39 is 32.1 Å². The molecular formula is C14H11F3N2O6S. The molecule has 0 saturated carbocycles. The highest BCUT2D eigenvalue weighted by Crippen LogP contribution is 2.30. The van der Waals surface area contributed by atoms with Gasteiger partial charge in [0, 0.05) is 12.1 Å². The number of amides is 1. The average molecular weight is 392 g/mol. The first-order valence-corrected chi connectivity index (χ1v) is 8.38. The summed E-state index contributed by atoms with van der Waals surface area (Å²) in [6.45, 7) is 0. The molecule has 1 aromatic carbocycles. The van der Waals surface area contributed by atoms with E-state index in [2.05, 4.69) is 15.0 Å². The number of nitrogens with one attached hydrogen (secondary N) is 1. The summed E-state index contributed by atoms with van der Waals surface area (Å²) in [5.74, 6) is -1.83. The summed E-state index contributed by atoms with van der Waals surface area (Å²) in [7, 11) is -5.48. The molecule has 0 fully saturated rings. The molecule has 0 radical (unpaired) electrons. The second-order valence-electron chi connectivity index (χ2n) is 5.00. The van der Waals surface area contributed by atoms with Gasteiger partial charge in [0.1, 0.15) is 11.8 Å². The number of carboxylic acids is 1. The number of aliphatic carboxylic acids is 1. The van der Waals surface area contributed by atoms with E-state index in [0.717, 1.165) is 18.4 Å². The Balaban J connectivity index is 2.14. The summed E-state index contributed by atoms with van der Waals surface area (Å²) in [6.07, 6.45) is 0.656. The Hall–Kier alpha value is -2.89. The van der Waals surface area contributed by atoms with E-state index in [-0.39, 0.29) is 29.8 Å². The quantitative estimate of drug-likeness (QED) is 0.772. The summed E-state index contributed by atoms with van der Waals surface area (Å²) < 4.78 is 64.6. The van der Waals surface area contributed by atoms with Gasteiger partial charge >= 0.3 is 11.5 Å². The number of sulfone groups is 1. The smallest absolute Gasteiger partial charge is 0.481 e. The number of aryl methyl sites for hydroxylation is 1. The predicted octanol–water partition coefficient (Wildman–Crippen LogP) is 2.24. The molecule has 2 aromatic rings. The number of rotatable bonds is 6. The molecule has 26 heavy (non-hydrogen) atoms. The fourth-order valence-corrected chi connectivity index (χ4v) is 2.66. The molecule has 0 unspecified atom stereocenters. The van der Waals surface area contributed by atoms with E-state index >= 15 is 0 Å². The van der Waals surface area contributed by atoms with Crippen LogP contribution in [0.5, 0.6) is 0 Å². The molecule has 0 aliphatic carbocycles. The lowest BCUT2D eigenvalue weighted by Gasteiger charge is -2.09. The molecule has 0 spiro atoms. The van der Waals surface area contributed by atoms with Gasteiger partial charge in [-0.05, 0) is 24.3 Å². The number of hydrogen-bond donors (Lipinski definition) is 2. The van der Waals surface area contributed by atoms with E-state index in [1.807, 2.05) is 0 Å². The van der Waals surface area contributed by atoms with Gasteiger partial charge in [-0.2, -0.15) is 13.2 Å². The minimum atomic E-state index is -5.48. The fraction of sp³-hybridized carbons (Fsp3) is 0.214. The van der Waals surface area contributed by atoms with Crippen molar-refractivity contribution in [2.24, 2.45) is 0 Å². The number of carbonyl (C=O) groups is 2. The van der Waals surface area contributed by atoms with Crippen LogP contribution in [0.2, 0.25) is 0 Å². The third-order valence-electron chi connectivity index (χ3n) is 3.19. The summed E-state index contributed by atoms with van der Waals surface area (Å²) in [6, 6.07) is 3.39. The van der Waals surface area contributed by atoms with Gasteiger partial charge in [-0.25, -0.2) is 8.42 Å². The largest absolute Gasteiger partial charge is 0.501 e. The summed E-state index contributed by atoms with van der Waals surface area (Å²) in [5, 5.41) is 14.5. The Morgan fingerprint density at radius 1 is 1.19 bits per heavy atom. The van der Waals surface area contributed by atoms with Gasteiger partial charge in [0.2, 0.25) is 0 Å². The molecule has 140 valence electrons. The van der Waals surface area contributed by atoms with Gasteiger partial charge in [-0.15, -0.1) is 0 Å². The molecule has 0 aliphatic heterocycles. The third-order valence-corrected chi connectivity index (χ3v) is 4.69. The van der Waals surface area contributed by atoms with Crippen molar-refractivity contribution < 1.29 is 40.8 Å². The first-order chi connectivity index (χ1) is 12.0. The molecule has 0 atom stereocenters. The number of nitrogens with zero attached hydrogens (tertiary/aromatic N) is 1. The van der Waals surface area contributed by atoms with Crippen LogP contribution in [0.15, 0.2) is 39.9 Å². The highest BCUT2D eigenvalue weighted by molar-refractivity contribution is 7.92. The lowest BCUT2D eigenvalue weighted by atomic mass is 10.1. The maximum absolute atomic E-state index is 12.5. The highest BCUT2D eigenvalue weighted by atomic mass is 32.2. The van der Waals surface area contributed by atoms with Crippen LogP contribution in [0.3, 0.4) is 0 Å². The second kappa shape index (κ2) is 7.15. The van der Waals surface area contributed by atoms with E-state index in [9.17, 15) is 31.2 Å². The normalized spacial score (nSPS) is 12.0. The predicted molar refractivity (Wildman–Crippen MR) is 80.1 cm³/mol. The number of alkyl halides is 3. The Morgan fingerprint density at radius 2 is 1.81 bits per heavy atom. The van der Waals surface area contributed by atoms with E-state index in [0.29, 0.717) is 12.1 Å². The Bertz CT molecular complexity index is 919. The molecule has 0 bridgehead atoms. The van der Waals surface area contributed by atoms with Crippen LogP contribution in [0.25, 0.3) is 0 Å². The zero-order chi connectivity index (χ0) is 19.5. The highest BCUT2D eigenvalue weighted by Gasteiger charge is 2.46. The van der Waals surface area contributed by atoms with Gasteiger partial charge in [-0.3, -0.25) is 9.59 Å². The second-order valence-corrected chi connectivity index (χ2v) is 6.94. The maximum atomic E-state index is 12.5. The molecule has 8 nitrogen and oxygen atoms in total. The van der Waals surface area contributed by atoms with Crippen LogP contribution < -0.4 is 5.32 Å². The maximum Gasteiger partial charge on any atom is 0.501 e. The Kier molecular flexibility index (Phi) is 5.35. The van der Waals surface area contributed by atoms with Crippen molar-refractivity contribution in [2.45, 2.75) is 23.2 Å². The van der Waals surface area contributed by atoms with Crippen LogP contribution in [0.1, 0.15) is 22.5 Å². The molecule has 12 heteroatoms. The Morgan fingerprint density at radius 3 is 2.35 bits per heavy atom. The van der Waals surface area contributed by atoms with Crippen LogP contribution in [0, 0.1) is 0 Å². The summed E-state index contributed by atoms with van der Waals surface area (Å²) in [5.41, 5.74) is -5.35. The molecule has 0 aliphatic rings. The van der Waals surface area contributed by atoms with E-state index in [1.165, 1.54) is 0 Å². The van der Waals surface area contributed by atoms with Gasteiger partial charge < -0.3 is 14.9 Å². The van der Waals surface area contributed by atoms with Crippen LogP contribution in [0.4, 0.5) is 18.9 Å². The zero-order valence-electron chi connectivity index (χ0n) is 12.8. The van der Waals surface area contributed by atoms with E-state index in [1.54, 1.807) is 0 Å². The standard InChI is InChI=1S/C14H11F3N2O6S/c15-14(16,17)26(23,24)9-3-1-8(2-4-9)18-13(22)10-7-25-19-11(10)5-6-12(20)21/h1-4,7H,5-6H2,(H,18,22)(H,20,21). The Labute approximate surface area is 144 Å². The summed E-state index contributed by atoms with van der Waals surface area (Å²) >= 11 is 0. The lowest BCUT2D eigenvalue weighted by molar-refractivity contribution is -0.137. The number of benzene rings is 1. The number of anilines is 1. The van der Waals surface area contributed by atoms with Crippen LogP contribution in [-0.2, 0) is 21.1 Å². The lowest BCUT2D eigenvalue weighted by Crippen LogP contribution is -2.23. The van der Waals surface area contributed by atoms with Crippen molar-refractivity contribution in [2.75, 3.05) is 5.32 Å². The topological polar surface area (TPSA) is 127 Å². The zero-order valence-corrected chi connectivity index (χ0v) is 13.6. The first kappa shape index (κ1) is 19.4. The molecule has 2 N–H and O–H groups in total. The van der Waals surface area contributed by atoms with E-state index in [4.69, 9.17) is 5.11 Å². The van der Waals surface area contributed by atoms with Gasteiger partial charge in [0.25, 0.3) is 15.7 Å². The minimum Gasteiger partial charge on any atom is -0.481 e. The molecule has 1 amide bonds. The van der Waals surface area contributed by atoms with Crippen molar-refractivity contribution in [1.82, 2.24) is 5.16 Å². The van der Waals surface area contributed by atoms with Crippen molar-refractivity contribution in [1.29, 1.82) is 0 Å². The molecule has 1 heterocycles. The number of aromatic nitrogens is 1. The number of carbonyl (C=O) groups excluding carboxylic acids is 1. The van der Waals surface area contributed by atoms with Gasteiger partial charge in [0.15, 0.2) is 0 Å². The molecular weight excluding hydrogens is 381 g/mol. The number of halogens is 3. The summed E-state index contributed by atoms with van der Waals surface area (Å²) in [4.78, 5) is 21.7. The van der Waals surface area contributed by atoms with Crippen molar-refractivity contribution in [3.05, 3.63) is 41.8 Å². The van der Waals surface area contributed by atoms with Crippen molar-refractivity contribution >= 4 is 27.4 Å². The number of hydrogen-bond acceptors (Lipinski definition) is 6. The SMILES string of the molecule is O=C(O)CCc1nocc1C(=O)Nc1ccc(S(=O)(=O)C(F)(F)F)cc1. The molecule has 2 rings (SSSR count). The first-order valence-electron chi connectivity index (χ1n) is 6.90.